The van der Waals surface area contributed by atoms with E-state index in [9.17, 15) is 4.79 Å². The summed E-state index contributed by atoms with van der Waals surface area (Å²) in [4.78, 5) is 18.4. The van der Waals surface area contributed by atoms with Gasteiger partial charge < -0.3 is 0 Å². The van der Waals surface area contributed by atoms with Crippen LogP contribution in [-0.4, -0.2) is 12.0 Å². The van der Waals surface area contributed by atoms with Crippen LogP contribution in [0, 0.1) is 22.7 Å². The van der Waals surface area contributed by atoms with Crippen LogP contribution in [0.4, 0.5) is 0 Å². The number of carbonyl (C=O) groups is 1. The Labute approximate surface area is 121 Å². The van der Waals surface area contributed by atoms with E-state index in [0.29, 0.717) is 5.41 Å². The number of amides is 1. The van der Waals surface area contributed by atoms with Crippen LogP contribution in [-0.2, 0) is 9.63 Å². The standard InChI is InChI=1S/C17H27NO2/c1-16-7-12-6-13(8-16)10-17(9-12,11-16)15(19)18-20-14-4-2-3-5-14/h12-14H,2-11H2,1H3,(H,18,19). The lowest BCUT2D eigenvalue weighted by Crippen LogP contribution is -2.57. The minimum atomic E-state index is -0.0998. The van der Waals surface area contributed by atoms with Gasteiger partial charge in [0.25, 0.3) is 0 Å². The summed E-state index contributed by atoms with van der Waals surface area (Å²) in [6.45, 7) is 2.41. The monoisotopic (exact) mass is 277 g/mol. The van der Waals surface area contributed by atoms with Crippen LogP contribution in [0.1, 0.15) is 71.1 Å². The van der Waals surface area contributed by atoms with Gasteiger partial charge >= 0.3 is 0 Å². The highest BCUT2D eigenvalue weighted by molar-refractivity contribution is 5.82. The number of hydrogen-bond acceptors (Lipinski definition) is 2. The Morgan fingerprint density at radius 3 is 2.35 bits per heavy atom. The van der Waals surface area contributed by atoms with E-state index >= 15 is 0 Å². The Bertz CT molecular complexity index is 399. The molecule has 0 aromatic heterocycles. The van der Waals surface area contributed by atoms with Crippen molar-refractivity contribution in [1.82, 2.24) is 5.48 Å². The molecule has 2 atom stereocenters. The van der Waals surface area contributed by atoms with Gasteiger partial charge in [-0.3, -0.25) is 9.63 Å². The van der Waals surface area contributed by atoms with Gasteiger partial charge in [-0.25, -0.2) is 5.48 Å². The van der Waals surface area contributed by atoms with Crippen LogP contribution in [0.25, 0.3) is 0 Å². The quantitative estimate of drug-likeness (QED) is 0.801. The fourth-order valence-electron chi connectivity index (χ4n) is 6.24. The largest absolute Gasteiger partial charge is 0.272 e. The molecule has 0 heterocycles. The minimum Gasteiger partial charge on any atom is -0.272 e. The van der Waals surface area contributed by atoms with Gasteiger partial charge in [0.15, 0.2) is 0 Å². The third-order valence-corrected chi connectivity index (χ3v) is 6.46. The van der Waals surface area contributed by atoms with E-state index in [1.165, 1.54) is 32.1 Å². The Kier molecular flexibility index (Phi) is 2.93. The van der Waals surface area contributed by atoms with Gasteiger partial charge in [0.1, 0.15) is 0 Å². The van der Waals surface area contributed by atoms with Gasteiger partial charge in [0.2, 0.25) is 5.91 Å². The van der Waals surface area contributed by atoms with Crippen LogP contribution in [0.2, 0.25) is 0 Å². The van der Waals surface area contributed by atoms with Gasteiger partial charge in [0, 0.05) is 0 Å². The molecular formula is C17H27NO2. The molecule has 2 unspecified atom stereocenters. The minimum absolute atomic E-state index is 0.0998. The van der Waals surface area contributed by atoms with E-state index in [4.69, 9.17) is 4.84 Å². The van der Waals surface area contributed by atoms with E-state index in [-0.39, 0.29) is 17.4 Å². The zero-order valence-corrected chi connectivity index (χ0v) is 12.6. The van der Waals surface area contributed by atoms with Crippen LogP contribution in [0.15, 0.2) is 0 Å². The molecule has 3 nitrogen and oxygen atoms in total. The summed E-state index contributed by atoms with van der Waals surface area (Å²) in [5.74, 6) is 1.78. The van der Waals surface area contributed by atoms with Gasteiger partial charge in [-0.15, -0.1) is 0 Å². The third kappa shape index (κ3) is 2.09. The fourth-order valence-corrected chi connectivity index (χ4v) is 6.24. The Morgan fingerprint density at radius 2 is 1.75 bits per heavy atom. The van der Waals surface area contributed by atoms with Crippen molar-refractivity contribution < 1.29 is 9.63 Å². The van der Waals surface area contributed by atoms with Gasteiger partial charge in [-0.1, -0.05) is 19.8 Å². The highest BCUT2D eigenvalue weighted by atomic mass is 16.7. The van der Waals surface area contributed by atoms with Crippen LogP contribution >= 0.6 is 0 Å². The summed E-state index contributed by atoms with van der Waals surface area (Å²) in [7, 11) is 0. The number of hydroxylamine groups is 1. The third-order valence-electron chi connectivity index (χ3n) is 6.46. The lowest BCUT2D eigenvalue weighted by molar-refractivity contribution is -0.170. The predicted molar refractivity (Wildman–Crippen MR) is 76.7 cm³/mol. The predicted octanol–water partition coefficient (Wildman–Crippen LogP) is 3.58. The molecule has 4 bridgehead atoms. The summed E-state index contributed by atoms with van der Waals surface area (Å²) < 4.78 is 0. The zero-order valence-electron chi connectivity index (χ0n) is 12.6. The smallest absolute Gasteiger partial charge is 0.249 e. The molecule has 20 heavy (non-hydrogen) atoms. The number of hydrogen-bond donors (Lipinski definition) is 1. The lowest BCUT2D eigenvalue weighted by atomic mass is 9.44. The Balaban J connectivity index is 1.45. The van der Waals surface area contributed by atoms with Gasteiger partial charge in [-0.2, -0.15) is 0 Å². The second kappa shape index (κ2) is 4.46. The highest BCUT2D eigenvalue weighted by Crippen LogP contribution is 2.65. The SMILES string of the molecule is CC12CC3CC(C1)CC(C(=O)NOC1CCCC1)(C3)C2. The molecule has 0 spiro atoms. The van der Waals surface area contributed by atoms with Crippen molar-refractivity contribution >= 4 is 5.91 Å². The summed E-state index contributed by atoms with van der Waals surface area (Å²) in [5, 5.41) is 0. The zero-order chi connectivity index (χ0) is 13.8. The molecule has 5 fully saturated rings. The van der Waals surface area contributed by atoms with Crippen molar-refractivity contribution in [2.24, 2.45) is 22.7 Å². The van der Waals surface area contributed by atoms with Crippen molar-refractivity contribution in [3.8, 4) is 0 Å². The normalized spacial score (nSPS) is 46.9. The highest BCUT2D eigenvalue weighted by Gasteiger charge is 2.58. The molecule has 5 rings (SSSR count). The molecule has 5 aliphatic carbocycles. The lowest BCUT2D eigenvalue weighted by Gasteiger charge is -2.60. The maximum atomic E-state index is 12.8. The average Bonchev–Trinajstić information content (AvgIpc) is 2.85. The number of carbonyl (C=O) groups excluding carboxylic acids is 1. The number of rotatable bonds is 3. The summed E-state index contributed by atoms with van der Waals surface area (Å²) in [5.41, 5.74) is 3.19. The molecular weight excluding hydrogens is 250 g/mol. The first-order chi connectivity index (χ1) is 9.57. The molecule has 0 aromatic carbocycles. The molecule has 1 N–H and O–H groups in total. The maximum Gasteiger partial charge on any atom is 0.249 e. The molecule has 0 aliphatic heterocycles. The van der Waals surface area contributed by atoms with Crippen LogP contribution < -0.4 is 5.48 Å². The molecule has 5 saturated carbocycles. The summed E-state index contributed by atoms with van der Waals surface area (Å²) in [6.07, 6.45) is 12.3. The molecule has 0 aromatic rings. The Hall–Kier alpha value is -0.570. The van der Waals surface area contributed by atoms with Crippen molar-refractivity contribution in [2.75, 3.05) is 0 Å². The first kappa shape index (κ1) is 13.1. The number of nitrogens with one attached hydrogen (secondary N) is 1. The molecule has 0 saturated heterocycles. The first-order valence-corrected chi connectivity index (χ1v) is 8.53. The van der Waals surface area contributed by atoms with Gasteiger partial charge in [-0.05, 0) is 68.6 Å². The average molecular weight is 277 g/mol. The van der Waals surface area contributed by atoms with Crippen LogP contribution in [0.5, 0.6) is 0 Å². The van der Waals surface area contributed by atoms with E-state index in [1.54, 1.807) is 0 Å². The molecule has 112 valence electrons. The van der Waals surface area contributed by atoms with Crippen molar-refractivity contribution in [3.05, 3.63) is 0 Å². The van der Waals surface area contributed by atoms with Crippen molar-refractivity contribution in [2.45, 2.75) is 77.2 Å². The van der Waals surface area contributed by atoms with Crippen molar-refractivity contribution in [1.29, 1.82) is 0 Å². The Morgan fingerprint density at radius 1 is 1.10 bits per heavy atom. The maximum absolute atomic E-state index is 12.8. The van der Waals surface area contributed by atoms with E-state index < -0.39 is 0 Å². The summed E-state index contributed by atoms with van der Waals surface area (Å²) >= 11 is 0. The topological polar surface area (TPSA) is 38.3 Å². The van der Waals surface area contributed by atoms with Gasteiger partial charge in [0.05, 0.1) is 11.5 Å². The van der Waals surface area contributed by atoms with E-state index in [0.717, 1.165) is 43.9 Å². The summed E-state index contributed by atoms with van der Waals surface area (Å²) in [6, 6.07) is 0. The van der Waals surface area contributed by atoms with Crippen LogP contribution in [0.3, 0.4) is 0 Å². The van der Waals surface area contributed by atoms with E-state index in [1.807, 2.05) is 0 Å². The molecule has 3 heteroatoms. The molecule has 0 radical (unpaired) electrons. The fraction of sp³-hybridized carbons (Fsp3) is 0.941. The molecule has 1 amide bonds. The molecule has 5 aliphatic rings. The first-order valence-electron chi connectivity index (χ1n) is 8.53. The second-order valence-corrected chi connectivity index (χ2v) is 8.51. The van der Waals surface area contributed by atoms with E-state index in [2.05, 4.69) is 12.4 Å². The second-order valence-electron chi connectivity index (χ2n) is 8.51. The van der Waals surface area contributed by atoms with Crippen molar-refractivity contribution in [3.63, 3.8) is 0 Å².